The minimum absolute atomic E-state index is 0.123. The van der Waals surface area contributed by atoms with E-state index < -0.39 is 0 Å². The quantitative estimate of drug-likeness (QED) is 0.940. The number of hydrogen-bond donors (Lipinski definition) is 1. The lowest BCUT2D eigenvalue weighted by atomic mass is 10.0. The van der Waals surface area contributed by atoms with Crippen LogP contribution in [-0.4, -0.2) is 28.9 Å². The lowest BCUT2D eigenvalue weighted by molar-refractivity contribution is 0.0617. The van der Waals surface area contributed by atoms with Crippen LogP contribution in [-0.2, 0) is 11.3 Å². The number of fused-ring (bicyclic) bond motifs is 1. The second-order valence-electron chi connectivity index (χ2n) is 5.93. The first-order chi connectivity index (χ1) is 10.1. The van der Waals surface area contributed by atoms with Gasteiger partial charge in [0, 0.05) is 19.8 Å². The van der Waals surface area contributed by atoms with Crippen LogP contribution in [0.3, 0.4) is 0 Å². The topological polar surface area (TPSA) is 62.3 Å². The molecule has 2 N–H and O–H groups in total. The Labute approximate surface area is 125 Å². The number of para-hydroxylation sites is 1. The van der Waals surface area contributed by atoms with E-state index >= 15 is 0 Å². The molecule has 0 unspecified atom stereocenters. The van der Waals surface area contributed by atoms with Gasteiger partial charge in [0.15, 0.2) is 0 Å². The van der Waals surface area contributed by atoms with Gasteiger partial charge >= 0.3 is 0 Å². The molecule has 1 aromatic carbocycles. The molecule has 3 rings (SSSR count). The number of imidazole rings is 1. The summed E-state index contributed by atoms with van der Waals surface area (Å²) in [6, 6.07) is 6.01. The van der Waals surface area contributed by atoms with Crippen LogP contribution in [0.2, 0.25) is 0 Å². The van der Waals surface area contributed by atoms with E-state index in [0.717, 1.165) is 49.4 Å². The van der Waals surface area contributed by atoms with E-state index in [1.807, 2.05) is 26.0 Å². The van der Waals surface area contributed by atoms with Gasteiger partial charge in [0.1, 0.15) is 11.3 Å². The minimum Gasteiger partial charge on any atom is -0.489 e. The van der Waals surface area contributed by atoms with Gasteiger partial charge in [-0.15, -0.1) is 0 Å². The summed E-state index contributed by atoms with van der Waals surface area (Å²) >= 11 is 0. The highest BCUT2D eigenvalue weighted by atomic mass is 16.5. The fourth-order valence-electron chi connectivity index (χ4n) is 2.87. The van der Waals surface area contributed by atoms with E-state index in [1.165, 1.54) is 0 Å². The standard InChI is InChI=1S/C16H23N3O2/c1-11(2)21-14-5-3-4-13-15(14)18-16(17)19(13)10-12-6-8-20-9-7-12/h3-5,11-12H,6-10H2,1-2H3,(H2,17,18). The molecule has 1 fully saturated rings. The molecule has 1 aliphatic heterocycles. The number of hydrogen-bond acceptors (Lipinski definition) is 4. The van der Waals surface area contributed by atoms with Gasteiger partial charge < -0.3 is 19.8 Å². The molecule has 1 aliphatic rings. The molecule has 5 nitrogen and oxygen atoms in total. The molecule has 0 atom stereocenters. The minimum atomic E-state index is 0.123. The summed E-state index contributed by atoms with van der Waals surface area (Å²) in [6.07, 6.45) is 2.29. The van der Waals surface area contributed by atoms with Gasteiger partial charge in [-0.05, 0) is 44.7 Å². The van der Waals surface area contributed by atoms with Gasteiger partial charge in [0.25, 0.3) is 0 Å². The summed E-state index contributed by atoms with van der Waals surface area (Å²) in [7, 11) is 0. The molecule has 0 saturated carbocycles. The average molecular weight is 289 g/mol. The van der Waals surface area contributed by atoms with Gasteiger partial charge in [-0.1, -0.05) is 6.07 Å². The SMILES string of the molecule is CC(C)Oc1cccc2c1nc(N)n2CC1CCOCC1. The Balaban J connectivity index is 1.93. The Morgan fingerprint density at radius 1 is 1.38 bits per heavy atom. The second-order valence-corrected chi connectivity index (χ2v) is 5.93. The molecule has 0 aliphatic carbocycles. The van der Waals surface area contributed by atoms with Crippen molar-refractivity contribution in [1.29, 1.82) is 0 Å². The smallest absolute Gasteiger partial charge is 0.201 e. The molecule has 0 amide bonds. The number of anilines is 1. The number of ether oxygens (including phenoxy) is 2. The number of aromatic nitrogens is 2. The predicted octanol–water partition coefficient (Wildman–Crippen LogP) is 2.83. The number of nitrogens with two attached hydrogens (primary N) is 1. The maximum absolute atomic E-state index is 6.14. The number of nitrogens with zero attached hydrogens (tertiary/aromatic N) is 2. The summed E-state index contributed by atoms with van der Waals surface area (Å²) in [4.78, 5) is 4.52. The van der Waals surface area contributed by atoms with Crippen LogP contribution in [0.4, 0.5) is 5.95 Å². The van der Waals surface area contributed by atoms with Crippen LogP contribution in [0.5, 0.6) is 5.75 Å². The van der Waals surface area contributed by atoms with Gasteiger partial charge in [0.05, 0.1) is 11.6 Å². The summed E-state index contributed by atoms with van der Waals surface area (Å²) in [5.74, 6) is 1.98. The van der Waals surface area contributed by atoms with Crippen molar-refractivity contribution in [3.63, 3.8) is 0 Å². The van der Waals surface area contributed by atoms with E-state index in [9.17, 15) is 0 Å². The Morgan fingerprint density at radius 3 is 2.86 bits per heavy atom. The summed E-state index contributed by atoms with van der Waals surface area (Å²) in [6.45, 7) is 6.62. The molecular formula is C16H23N3O2. The molecule has 1 saturated heterocycles. The van der Waals surface area contributed by atoms with E-state index in [1.54, 1.807) is 0 Å². The highest BCUT2D eigenvalue weighted by Crippen LogP contribution is 2.29. The van der Waals surface area contributed by atoms with Crippen LogP contribution >= 0.6 is 0 Å². The van der Waals surface area contributed by atoms with Crippen molar-refractivity contribution >= 4 is 17.0 Å². The molecule has 0 bridgehead atoms. The Bertz CT molecular complexity index is 615. The maximum Gasteiger partial charge on any atom is 0.201 e. The van der Waals surface area contributed by atoms with Crippen LogP contribution < -0.4 is 10.5 Å². The average Bonchev–Trinajstić information content (AvgIpc) is 2.77. The zero-order valence-corrected chi connectivity index (χ0v) is 12.7. The van der Waals surface area contributed by atoms with Crippen LogP contribution in [0.15, 0.2) is 18.2 Å². The molecule has 0 radical (unpaired) electrons. The van der Waals surface area contributed by atoms with Crippen LogP contribution in [0, 0.1) is 5.92 Å². The van der Waals surface area contributed by atoms with Crippen molar-refractivity contribution in [2.24, 2.45) is 5.92 Å². The third-order valence-electron chi connectivity index (χ3n) is 3.92. The van der Waals surface area contributed by atoms with Crippen molar-refractivity contribution in [3.05, 3.63) is 18.2 Å². The molecular weight excluding hydrogens is 266 g/mol. The lowest BCUT2D eigenvalue weighted by Gasteiger charge is -2.23. The Hall–Kier alpha value is -1.75. The number of benzene rings is 1. The van der Waals surface area contributed by atoms with Crippen molar-refractivity contribution in [1.82, 2.24) is 9.55 Å². The van der Waals surface area contributed by atoms with Gasteiger partial charge in [-0.25, -0.2) is 4.98 Å². The van der Waals surface area contributed by atoms with Gasteiger partial charge in [-0.2, -0.15) is 0 Å². The zero-order chi connectivity index (χ0) is 14.8. The molecule has 21 heavy (non-hydrogen) atoms. The fraction of sp³-hybridized carbons (Fsp3) is 0.562. The molecule has 1 aromatic heterocycles. The van der Waals surface area contributed by atoms with Crippen molar-refractivity contribution < 1.29 is 9.47 Å². The van der Waals surface area contributed by atoms with E-state index in [-0.39, 0.29) is 6.10 Å². The highest BCUT2D eigenvalue weighted by Gasteiger charge is 2.19. The second kappa shape index (κ2) is 5.93. The summed E-state index contributed by atoms with van der Waals surface area (Å²) < 4.78 is 13.4. The Kier molecular flexibility index (Phi) is 4.01. The summed E-state index contributed by atoms with van der Waals surface area (Å²) in [5.41, 5.74) is 8.05. The van der Waals surface area contributed by atoms with E-state index in [0.29, 0.717) is 11.9 Å². The first-order valence-corrected chi connectivity index (χ1v) is 7.64. The lowest BCUT2D eigenvalue weighted by Crippen LogP contribution is -2.21. The zero-order valence-electron chi connectivity index (χ0n) is 12.7. The molecule has 0 spiro atoms. The van der Waals surface area contributed by atoms with Crippen LogP contribution in [0.25, 0.3) is 11.0 Å². The van der Waals surface area contributed by atoms with Crippen molar-refractivity contribution in [3.8, 4) is 5.75 Å². The normalized spacial score (nSPS) is 16.7. The molecule has 114 valence electrons. The molecule has 5 heteroatoms. The molecule has 2 aromatic rings. The third kappa shape index (κ3) is 2.97. The third-order valence-corrected chi connectivity index (χ3v) is 3.92. The monoisotopic (exact) mass is 289 g/mol. The predicted molar refractivity (Wildman–Crippen MR) is 83.5 cm³/mol. The van der Waals surface area contributed by atoms with Crippen LogP contribution in [0.1, 0.15) is 26.7 Å². The number of rotatable bonds is 4. The maximum atomic E-state index is 6.14. The van der Waals surface area contributed by atoms with E-state index in [4.69, 9.17) is 15.2 Å². The van der Waals surface area contributed by atoms with Crippen molar-refractivity contribution in [2.45, 2.75) is 39.3 Å². The fourth-order valence-corrected chi connectivity index (χ4v) is 2.87. The Morgan fingerprint density at radius 2 is 2.14 bits per heavy atom. The largest absolute Gasteiger partial charge is 0.489 e. The van der Waals surface area contributed by atoms with Gasteiger partial charge in [-0.3, -0.25) is 0 Å². The summed E-state index contributed by atoms with van der Waals surface area (Å²) in [5, 5.41) is 0. The first-order valence-electron chi connectivity index (χ1n) is 7.64. The van der Waals surface area contributed by atoms with E-state index in [2.05, 4.69) is 15.6 Å². The van der Waals surface area contributed by atoms with Crippen molar-refractivity contribution in [2.75, 3.05) is 18.9 Å². The molecule has 2 heterocycles. The van der Waals surface area contributed by atoms with Gasteiger partial charge in [0.2, 0.25) is 5.95 Å². The number of nitrogen functional groups attached to an aromatic ring is 1. The highest BCUT2D eigenvalue weighted by molar-refractivity contribution is 5.84. The first kappa shape index (κ1) is 14.2.